The van der Waals surface area contributed by atoms with Crippen molar-refractivity contribution in [2.75, 3.05) is 0 Å². The third-order valence-electron chi connectivity index (χ3n) is 2.16. The van der Waals surface area contributed by atoms with Crippen LogP contribution in [0.25, 0.3) is 6.08 Å². The van der Waals surface area contributed by atoms with Crippen LogP contribution in [0.15, 0.2) is 36.4 Å². The van der Waals surface area contributed by atoms with E-state index in [1.807, 2.05) is 0 Å². The Kier molecular flexibility index (Phi) is 3.09. The van der Waals surface area contributed by atoms with Gasteiger partial charge in [-0.15, -0.1) is 18.2 Å². The molecule has 0 amide bonds. The smallest absolute Gasteiger partial charge is 0.171 e. The summed E-state index contributed by atoms with van der Waals surface area (Å²) < 4.78 is 0. The molecule has 12 heavy (non-hydrogen) atoms. The second kappa shape index (κ2) is 3.89. The second-order valence-electron chi connectivity index (χ2n) is 2.97. The van der Waals surface area contributed by atoms with Gasteiger partial charge in [-0.25, -0.2) is 0 Å². The molecular formula is C11H11Li. The number of hydrogen-bond donors (Lipinski definition) is 0. The summed E-state index contributed by atoms with van der Waals surface area (Å²) in [5.41, 5.74) is 2.80. The summed E-state index contributed by atoms with van der Waals surface area (Å²) in [6.07, 6.45) is 8.60. The van der Waals surface area contributed by atoms with E-state index >= 15 is 0 Å². The topological polar surface area (TPSA) is 0 Å². The van der Waals surface area contributed by atoms with Crippen LogP contribution in [0.1, 0.15) is 24.0 Å². The molecule has 56 valence electrons. The molecule has 1 aliphatic rings. The maximum atomic E-state index is 2.22. The Balaban J connectivity index is 0.000000720. The average molecular weight is 150 g/mol. The van der Waals surface area contributed by atoms with Gasteiger partial charge in [0.1, 0.15) is 0 Å². The van der Waals surface area contributed by atoms with E-state index in [9.17, 15) is 0 Å². The van der Waals surface area contributed by atoms with Gasteiger partial charge in [-0.1, -0.05) is 19.1 Å². The molecule has 0 heterocycles. The first-order valence-electron chi connectivity index (χ1n) is 3.98. The predicted octanol–water partition coefficient (Wildman–Crippen LogP) is 0.0960. The minimum Gasteiger partial charge on any atom is -0.171 e. The van der Waals surface area contributed by atoms with E-state index in [-0.39, 0.29) is 18.9 Å². The molecular weight excluding hydrogens is 139 g/mol. The SMILES string of the molecule is CC1C=CC=Cc2[cH-]ccc21.[Li+]. The maximum Gasteiger partial charge on any atom is 1.00 e. The summed E-state index contributed by atoms with van der Waals surface area (Å²) in [4.78, 5) is 0. The Hall–Kier alpha value is -0.573. The normalized spacial score (nSPS) is 19.6. The monoisotopic (exact) mass is 150 g/mol. The van der Waals surface area contributed by atoms with Crippen LogP contribution in [0.4, 0.5) is 0 Å². The molecule has 1 heteroatoms. The molecule has 1 atom stereocenters. The summed E-state index contributed by atoms with van der Waals surface area (Å²) in [5.74, 6) is 0.565. The van der Waals surface area contributed by atoms with E-state index < -0.39 is 0 Å². The molecule has 2 rings (SSSR count). The zero-order valence-electron chi connectivity index (χ0n) is 7.62. The van der Waals surface area contributed by atoms with Gasteiger partial charge in [0, 0.05) is 0 Å². The van der Waals surface area contributed by atoms with Gasteiger partial charge < -0.3 is 0 Å². The standard InChI is InChI=1S/C11H11.Li/c1-9-5-2-3-6-10-7-4-8-11(9)10;/h2-9H,1H3;/q-1;+1. The van der Waals surface area contributed by atoms with Gasteiger partial charge in [-0.05, 0) is 5.92 Å². The largest absolute Gasteiger partial charge is 1.00 e. The molecule has 0 saturated heterocycles. The summed E-state index contributed by atoms with van der Waals surface area (Å²) in [6.45, 7) is 2.22. The third-order valence-corrected chi connectivity index (χ3v) is 2.16. The molecule has 0 radical (unpaired) electrons. The Bertz CT molecular complexity index is 305. The second-order valence-corrected chi connectivity index (χ2v) is 2.97. The molecule has 0 nitrogen and oxygen atoms in total. The molecule has 0 saturated carbocycles. The fraction of sp³-hybridized carbons (Fsp3) is 0.182. The van der Waals surface area contributed by atoms with Crippen LogP contribution in [-0.2, 0) is 0 Å². The van der Waals surface area contributed by atoms with Gasteiger partial charge in [0.15, 0.2) is 0 Å². The molecule has 0 N–H and O–H groups in total. The van der Waals surface area contributed by atoms with E-state index in [4.69, 9.17) is 0 Å². The van der Waals surface area contributed by atoms with E-state index in [1.54, 1.807) is 0 Å². The molecule has 1 aromatic carbocycles. The first-order chi connectivity index (χ1) is 5.38. The summed E-state index contributed by atoms with van der Waals surface area (Å²) in [7, 11) is 0. The fourth-order valence-electron chi connectivity index (χ4n) is 1.51. The molecule has 1 aliphatic carbocycles. The van der Waals surface area contributed by atoms with Crippen molar-refractivity contribution >= 4 is 6.08 Å². The third kappa shape index (κ3) is 1.60. The number of hydrogen-bond acceptors (Lipinski definition) is 0. The molecule has 0 aliphatic heterocycles. The van der Waals surface area contributed by atoms with E-state index in [2.05, 4.69) is 49.4 Å². The minimum absolute atomic E-state index is 0. The van der Waals surface area contributed by atoms with Crippen molar-refractivity contribution < 1.29 is 18.9 Å². The number of allylic oxidation sites excluding steroid dienone is 3. The van der Waals surface area contributed by atoms with Crippen molar-refractivity contribution in [1.29, 1.82) is 0 Å². The van der Waals surface area contributed by atoms with Crippen molar-refractivity contribution in [3.8, 4) is 0 Å². The molecule has 1 unspecified atom stereocenters. The average Bonchev–Trinajstić information content (AvgIpc) is 2.40. The Morgan fingerprint density at radius 2 is 2.17 bits per heavy atom. The maximum absolute atomic E-state index is 2.22. The van der Waals surface area contributed by atoms with Gasteiger partial charge in [0.25, 0.3) is 0 Å². The van der Waals surface area contributed by atoms with Crippen LogP contribution in [0.3, 0.4) is 0 Å². The van der Waals surface area contributed by atoms with Crippen LogP contribution < -0.4 is 18.9 Å². The molecule has 0 aromatic heterocycles. The van der Waals surface area contributed by atoms with Crippen LogP contribution in [-0.4, -0.2) is 0 Å². The Morgan fingerprint density at radius 1 is 1.33 bits per heavy atom. The molecule has 0 fully saturated rings. The van der Waals surface area contributed by atoms with E-state index in [1.165, 1.54) is 11.1 Å². The number of rotatable bonds is 0. The van der Waals surface area contributed by atoms with Crippen molar-refractivity contribution in [2.45, 2.75) is 12.8 Å². The first kappa shape index (κ1) is 9.51. The molecule has 0 spiro atoms. The molecule has 1 aromatic rings. The van der Waals surface area contributed by atoms with Gasteiger partial charge >= 0.3 is 18.9 Å². The van der Waals surface area contributed by atoms with Crippen molar-refractivity contribution in [2.24, 2.45) is 0 Å². The Labute approximate surface area is 85.5 Å². The van der Waals surface area contributed by atoms with Crippen molar-refractivity contribution in [3.63, 3.8) is 0 Å². The molecule has 0 bridgehead atoms. The van der Waals surface area contributed by atoms with Gasteiger partial charge in [-0.2, -0.15) is 23.3 Å². The number of fused-ring (bicyclic) bond motifs is 1. The first-order valence-corrected chi connectivity index (χ1v) is 3.98. The van der Waals surface area contributed by atoms with Crippen LogP contribution >= 0.6 is 0 Å². The van der Waals surface area contributed by atoms with Crippen molar-refractivity contribution in [1.82, 2.24) is 0 Å². The van der Waals surface area contributed by atoms with Gasteiger partial charge in [-0.3, -0.25) is 0 Å². The predicted molar refractivity (Wildman–Crippen MR) is 48.6 cm³/mol. The minimum atomic E-state index is 0. The fourth-order valence-corrected chi connectivity index (χ4v) is 1.51. The summed E-state index contributed by atoms with van der Waals surface area (Å²) >= 11 is 0. The van der Waals surface area contributed by atoms with E-state index in [0.29, 0.717) is 5.92 Å². The Morgan fingerprint density at radius 3 is 3.00 bits per heavy atom. The summed E-state index contributed by atoms with van der Waals surface area (Å²) in [6, 6.07) is 6.47. The summed E-state index contributed by atoms with van der Waals surface area (Å²) in [5, 5.41) is 0. The van der Waals surface area contributed by atoms with Gasteiger partial charge in [0.05, 0.1) is 0 Å². The quantitative estimate of drug-likeness (QED) is 0.363. The zero-order valence-corrected chi connectivity index (χ0v) is 7.62. The van der Waals surface area contributed by atoms with Gasteiger partial charge in [0.2, 0.25) is 0 Å². The van der Waals surface area contributed by atoms with Crippen LogP contribution in [0.2, 0.25) is 0 Å². The van der Waals surface area contributed by atoms with Crippen LogP contribution in [0.5, 0.6) is 0 Å². The zero-order chi connectivity index (χ0) is 7.68. The van der Waals surface area contributed by atoms with Crippen LogP contribution in [0, 0.1) is 0 Å². The van der Waals surface area contributed by atoms with E-state index in [0.717, 1.165) is 0 Å². The van der Waals surface area contributed by atoms with Crippen molar-refractivity contribution in [3.05, 3.63) is 47.6 Å².